The van der Waals surface area contributed by atoms with Crippen molar-refractivity contribution >= 4 is 0 Å². The van der Waals surface area contributed by atoms with Gasteiger partial charge in [0.05, 0.1) is 6.10 Å². The number of hydrogen-bond acceptors (Lipinski definition) is 2. The Balaban J connectivity index is 2.79. The minimum absolute atomic E-state index is 0.0177. The van der Waals surface area contributed by atoms with E-state index in [1.54, 1.807) is 18.2 Å². The number of halogens is 3. The quantitative estimate of drug-likeness (QED) is 0.887. The SMILES string of the molecule is Cc1cccc(C(CN)OC(C)C(F)(F)F)c1. The van der Waals surface area contributed by atoms with Crippen LogP contribution < -0.4 is 5.73 Å². The van der Waals surface area contributed by atoms with Gasteiger partial charge in [0, 0.05) is 6.54 Å². The average molecular weight is 247 g/mol. The Bertz CT molecular complexity index is 365. The molecule has 0 spiro atoms. The first-order valence-corrected chi connectivity index (χ1v) is 5.33. The molecule has 1 rings (SSSR count). The molecule has 0 saturated heterocycles. The molecule has 0 aliphatic heterocycles. The fourth-order valence-corrected chi connectivity index (χ4v) is 1.46. The van der Waals surface area contributed by atoms with Crippen molar-refractivity contribution in [1.29, 1.82) is 0 Å². The Kier molecular flexibility index (Phi) is 4.54. The topological polar surface area (TPSA) is 35.2 Å². The van der Waals surface area contributed by atoms with Crippen LogP contribution in [0.3, 0.4) is 0 Å². The molecule has 0 aliphatic rings. The Hall–Kier alpha value is -1.07. The van der Waals surface area contributed by atoms with Crippen LogP contribution in [0.5, 0.6) is 0 Å². The highest BCUT2D eigenvalue weighted by Crippen LogP contribution is 2.28. The van der Waals surface area contributed by atoms with Crippen LogP contribution in [0.2, 0.25) is 0 Å². The third kappa shape index (κ3) is 4.02. The second-order valence-corrected chi connectivity index (χ2v) is 3.96. The van der Waals surface area contributed by atoms with E-state index in [2.05, 4.69) is 0 Å². The van der Waals surface area contributed by atoms with Gasteiger partial charge >= 0.3 is 6.18 Å². The van der Waals surface area contributed by atoms with E-state index in [9.17, 15) is 13.2 Å². The van der Waals surface area contributed by atoms with Gasteiger partial charge in [0.2, 0.25) is 0 Å². The molecule has 2 atom stereocenters. The largest absolute Gasteiger partial charge is 0.414 e. The summed E-state index contributed by atoms with van der Waals surface area (Å²) in [4.78, 5) is 0. The summed E-state index contributed by atoms with van der Waals surface area (Å²) in [5, 5.41) is 0. The maximum absolute atomic E-state index is 12.4. The molecule has 0 fully saturated rings. The smallest absolute Gasteiger partial charge is 0.360 e. The molecule has 1 aromatic carbocycles. The predicted octanol–water partition coefficient (Wildman–Crippen LogP) is 2.96. The van der Waals surface area contributed by atoms with E-state index in [1.807, 2.05) is 13.0 Å². The summed E-state index contributed by atoms with van der Waals surface area (Å²) in [5.41, 5.74) is 7.09. The van der Waals surface area contributed by atoms with Gasteiger partial charge in [-0.1, -0.05) is 29.8 Å². The van der Waals surface area contributed by atoms with Gasteiger partial charge in [-0.25, -0.2) is 0 Å². The molecule has 17 heavy (non-hydrogen) atoms. The number of nitrogens with two attached hydrogens (primary N) is 1. The Morgan fingerprint density at radius 1 is 1.35 bits per heavy atom. The summed E-state index contributed by atoms with van der Waals surface area (Å²) < 4.78 is 42.1. The van der Waals surface area contributed by atoms with Crippen LogP contribution in [0.4, 0.5) is 13.2 Å². The molecule has 0 saturated carbocycles. The number of benzene rings is 1. The molecular weight excluding hydrogens is 231 g/mol. The molecule has 5 heteroatoms. The lowest BCUT2D eigenvalue weighted by atomic mass is 10.1. The zero-order chi connectivity index (χ0) is 13.1. The molecule has 2 unspecified atom stereocenters. The Labute approximate surface area is 98.6 Å². The Morgan fingerprint density at radius 2 is 2.00 bits per heavy atom. The van der Waals surface area contributed by atoms with Crippen molar-refractivity contribution in [2.45, 2.75) is 32.2 Å². The van der Waals surface area contributed by atoms with E-state index in [1.165, 1.54) is 0 Å². The maximum atomic E-state index is 12.4. The van der Waals surface area contributed by atoms with E-state index in [-0.39, 0.29) is 6.54 Å². The van der Waals surface area contributed by atoms with Gasteiger partial charge in [-0.15, -0.1) is 0 Å². The molecule has 0 radical (unpaired) electrons. The monoisotopic (exact) mass is 247 g/mol. The molecule has 0 amide bonds. The van der Waals surface area contributed by atoms with Gasteiger partial charge < -0.3 is 10.5 Å². The van der Waals surface area contributed by atoms with Crippen LogP contribution in [-0.4, -0.2) is 18.8 Å². The van der Waals surface area contributed by atoms with E-state index >= 15 is 0 Å². The second-order valence-electron chi connectivity index (χ2n) is 3.96. The highest BCUT2D eigenvalue weighted by Gasteiger charge is 2.38. The number of rotatable bonds is 4. The zero-order valence-corrected chi connectivity index (χ0v) is 9.79. The zero-order valence-electron chi connectivity index (χ0n) is 9.79. The van der Waals surface area contributed by atoms with Crippen molar-refractivity contribution in [2.75, 3.05) is 6.54 Å². The lowest BCUT2D eigenvalue weighted by Crippen LogP contribution is -2.32. The number of aryl methyl sites for hydroxylation is 1. The minimum atomic E-state index is -4.36. The standard InChI is InChI=1S/C12H16F3NO/c1-8-4-3-5-10(6-8)11(7-16)17-9(2)12(13,14)15/h3-6,9,11H,7,16H2,1-2H3. The third-order valence-corrected chi connectivity index (χ3v) is 2.46. The highest BCUT2D eigenvalue weighted by atomic mass is 19.4. The molecule has 1 aromatic rings. The lowest BCUT2D eigenvalue weighted by molar-refractivity contribution is -0.226. The van der Waals surface area contributed by atoms with Crippen LogP contribution in [0, 0.1) is 6.92 Å². The van der Waals surface area contributed by atoms with Gasteiger partial charge in [0.25, 0.3) is 0 Å². The maximum Gasteiger partial charge on any atom is 0.414 e. The van der Waals surface area contributed by atoms with Gasteiger partial charge in [0.1, 0.15) is 0 Å². The van der Waals surface area contributed by atoms with Gasteiger partial charge in [-0.2, -0.15) is 13.2 Å². The number of hydrogen-bond donors (Lipinski definition) is 1. The van der Waals surface area contributed by atoms with Crippen LogP contribution in [-0.2, 0) is 4.74 Å². The van der Waals surface area contributed by atoms with Crippen molar-refractivity contribution in [3.63, 3.8) is 0 Å². The summed E-state index contributed by atoms with van der Waals surface area (Å²) >= 11 is 0. The number of ether oxygens (including phenoxy) is 1. The van der Waals surface area contributed by atoms with Crippen molar-refractivity contribution in [3.05, 3.63) is 35.4 Å². The second kappa shape index (κ2) is 5.51. The molecule has 96 valence electrons. The predicted molar refractivity (Wildman–Crippen MR) is 59.6 cm³/mol. The van der Waals surface area contributed by atoms with Crippen molar-refractivity contribution < 1.29 is 17.9 Å². The van der Waals surface area contributed by atoms with Gasteiger partial charge in [0.15, 0.2) is 6.10 Å². The van der Waals surface area contributed by atoms with E-state index in [0.29, 0.717) is 5.56 Å². The Morgan fingerprint density at radius 3 is 2.47 bits per heavy atom. The number of alkyl halides is 3. The summed E-state index contributed by atoms with van der Waals surface area (Å²) in [7, 11) is 0. The first kappa shape index (κ1) is 14.0. The normalized spacial score (nSPS) is 15.6. The highest BCUT2D eigenvalue weighted by molar-refractivity contribution is 5.24. The lowest BCUT2D eigenvalue weighted by Gasteiger charge is -2.23. The fraction of sp³-hybridized carbons (Fsp3) is 0.500. The summed E-state index contributed by atoms with van der Waals surface area (Å²) in [5.74, 6) is 0. The van der Waals surface area contributed by atoms with Gasteiger partial charge in [-0.3, -0.25) is 0 Å². The van der Waals surface area contributed by atoms with Crippen molar-refractivity contribution in [1.82, 2.24) is 0 Å². The molecule has 2 nitrogen and oxygen atoms in total. The minimum Gasteiger partial charge on any atom is -0.360 e. The van der Waals surface area contributed by atoms with Crippen LogP contribution in [0.25, 0.3) is 0 Å². The summed E-state index contributed by atoms with van der Waals surface area (Å²) in [6.07, 6.45) is -6.92. The molecule has 0 aliphatic carbocycles. The summed E-state index contributed by atoms with van der Waals surface area (Å²) in [6.45, 7) is 2.87. The van der Waals surface area contributed by atoms with E-state index in [0.717, 1.165) is 12.5 Å². The third-order valence-electron chi connectivity index (χ3n) is 2.46. The van der Waals surface area contributed by atoms with Gasteiger partial charge in [-0.05, 0) is 19.4 Å². The fourth-order valence-electron chi connectivity index (χ4n) is 1.46. The molecule has 0 heterocycles. The van der Waals surface area contributed by atoms with E-state index in [4.69, 9.17) is 10.5 Å². The molecule has 0 aromatic heterocycles. The van der Waals surface area contributed by atoms with Crippen LogP contribution >= 0.6 is 0 Å². The van der Waals surface area contributed by atoms with Crippen LogP contribution in [0.15, 0.2) is 24.3 Å². The molecular formula is C12H16F3NO. The van der Waals surface area contributed by atoms with Crippen LogP contribution in [0.1, 0.15) is 24.2 Å². The van der Waals surface area contributed by atoms with Crippen molar-refractivity contribution in [2.24, 2.45) is 5.73 Å². The average Bonchev–Trinajstić information content (AvgIpc) is 2.24. The summed E-state index contributed by atoms with van der Waals surface area (Å²) in [6, 6.07) is 7.13. The first-order valence-electron chi connectivity index (χ1n) is 5.33. The first-order chi connectivity index (χ1) is 7.84. The van der Waals surface area contributed by atoms with E-state index < -0.39 is 18.4 Å². The molecule has 0 bridgehead atoms. The molecule has 2 N–H and O–H groups in total. The van der Waals surface area contributed by atoms with Crippen molar-refractivity contribution in [3.8, 4) is 0 Å².